The van der Waals surface area contributed by atoms with Crippen LogP contribution in [0.1, 0.15) is 15.2 Å². The molecule has 0 aliphatic heterocycles. The molecule has 0 saturated carbocycles. The van der Waals surface area contributed by atoms with Crippen LogP contribution in [0, 0.1) is 6.92 Å². The van der Waals surface area contributed by atoms with E-state index in [1.165, 1.54) is 11.3 Å². The molecule has 0 radical (unpaired) electrons. The summed E-state index contributed by atoms with van der Waals surface area (Å²) in [5.74, 6) is 1.89. The maximum Gasteiger partial charge on any atom is 0.261 e. The second-order valence-corrected chi connectivity index (χ2v) is 7.29. The molecule has 0 unspecified atom stereocenters. The second kappa shape index (κ2) is 8.72. The van der Waals surface area contributed by atoms with Crippen molar-refractivity contribution in [2.45, 2.75) is 6.92 Å². The molecule has 26 heavy (non-hydrogen) atoms. The molecule has 1 amide bonds. The number of hydrogen-bond acceptors (Lipinski definition) is 7. The SMILES string of the molecule is Cc1ccc(Nc2ccc(NCCNC(=O)c3cc(Br)cs3)nn2)nc1. The summed E-state index contributed by atoms with van der Waals surface area (Å²) < 4.78 is 0.913. The first-order valence-electron chi connectivity index (χ1n) is 7.90. The lowest BCUT2D eigenvalue weighted by Gasteiger charge is -2.08. The number of thiophene rings is 1. The Morgan fingerprint density at radius 1 is 1.12 bits per heavy atom. The van der Waals surface area contributed by atoms with Gasteiger partial charge in [-0.15, -0.1) is 21.5 Å². The number of aromatic nitrogens is 3. The number of carbonyl (C=O) groups is 1. The lowest BCUT2D eigenvalue weighted by Crippen LogP contribution is -2.28. The van der Waals surface area contributed by atoms with Gasteiger partial charge in [0.1, 0.15) is 11.6 Å². The molecule has 3 rings (SSSR count). The van der Waals surface area contributed by atoms with Crippen LogP contribution >= 0.6 is 27.3 Å². The molecule has 3 N–H and O–H groups in total. The molecule has 3 aromatic rings. The molecule has 9 heteroatoms. The molecule has 0 spiro atoms. The van der Waals surface area contributed by atoms with Crippen LogP contribution < -0.4 is 16.0 Å². The first-order valence-corrected chi connectivity index (χ1v) is 9.57. The highest BCUT2D eigenvalue weighted by molar-refractivity contribution is 9.10. The first kappa shape index (κ1) is 18.3. The van der Waals surface area contributed by atoms with E-state index in [1.54, 1.807) is 12.3 Å². The molecule has 7 nitrogen and oxygen atoms in total. The van der Waals surface area contributed by atoms with Gasteiger partial charge in [0.25, 0.3) is 5.91 Å². The highest BCUT2D eigenvalue weighted by Crippen LogP contribution is 2.19. The van der Waals surface area contributed by atoms with Crippen LogP contribution in [-0.2, 0) is 0 Å². The van der Waals surface area contributed by atoms with Gasteiger partial charge in [-0.2, -0.15) is 0 Å². The van der Waals surface area contributed by atoms with Crippen molar-refractivity contribution >= 4 is 50.6 Å². The van der Waals surface area contributed by atoms with Crippen molar-refractivity contribution in [3.63, 3.8) is 0 Å². The van der Waals surface area contributed by atoms with Crippen LogP contribution in [0.2, 0.25) is 0 Å². The molecule has 0 saturated heterocycles. The molecule has 0 aliphatic carbocycles. The first-order chi connectivity index (χ1) is 12.6. The van der Waals surface area contributed by atoms with E-state index in [0.29, 0.717) is 35.4 Å². The van der Waals surface area contributed by atoms with Gasteiger partial charge in [0, 0.05) is 29.1 Å². The van der Waals surface area contributed by atoms with Crippen molar-refractivity contribution in [3.8, 4) is 0 Å². The Hall–Kier alpha value is -2.52. The van der Waals surface area contributed by atoms with E-state index in [4.69, 9.17) is 0 Å². The molecule has 134 valence electrons. The van der Waals surface area contributed by atoms with E-state index in [0.717, 1.165) is 10.0 Å². The third kappa shape index (κ3) is 5.24. The minimum absolute atomic E-state index is 0.0845. The fourth-order valence-corrected chi connectivity index (χ4v) is 3.39. The maximum absolute atomic E-state index is 11.9. The van der Waals surface area contributed by atoms with Gasteiger partial charge in [-0.1, -0.05) is 6.07 Å². The fourth-order valence-electron chi connectivity index (χ4n) is 2.05. The van der Waals surface area contributed by atoms with E-state index in [-0.39, 0.29) is 5.91 Å². The average Bonchev–Trinajstić information content (AvgIpc) is 3.08. The third-order valence-electron chi connectivity index (χ3n) is 3.34. The number of nitrogens with one attached hydrogen (secondary N) is 3. The van der Waals surface area contributed by atoms with Crippen molar-refractivity contribution in [2.75, 3.05) is 23.7 Å². The molecule has 0 atom stereocenters. The topological polar surface area (TPSA) is 91.8 Å². The summed E-state index contributed by atoms with van der Waals surface area (Å²) in [6.45, 7) is 3.03. The van der Waals surface area contributed by atoms with Gasteiger partial charge in [-0.05, 0) is 52.7 Å². The summed E-state index contributed by atoms with van der Waals surface area (Å²) in [5, 5.41) is 19.1. The van der Waals surface area contributed by atoms with Crippen LogP contribution in [0.15, 0.2) is 46.4 Å². The molecular weight excluding hydrogens is 416 g/mol. The Morgan fingerprint density at radius 2 is 1.88 bits per heavy atom. The molecule has 3 aromatic heterocycles. The summed E-state index contributed by atoms with van der Waals surface area (Å²) in [6.07, 6.45) is 1.79. The van der Waals surface area contributed by atoms with Crippen molar-refractivity contribution in [2.24, 2.45) is 0 Å². The van der Waals surface area contributed by atoms with Gasteiger partial charge in [-0.25, -0.2) is 4.98 Å². The normalized spacial score (nSPS) is 10.4. The van der Waals surface area contributed by atoms with E-state index in [9.17, 15) is 4.79 Å². The Bertz CT molecular complexity index is 866. The number of rotatable bonds is 7. The largest absolute Gasteiger partial charge is 0.367 e. The second-order valence-electron chi connectivity index (χ2n) is 5.46. The van der Waals surface area contributed by atoms with Gasteiger partial charge in [0.15, 0.2) is 5.82 Å². The number of carbonyl (C=O) groups excluding carboxylic acids is 1. The number of anilines is 3. The third-order valence-corrected chi connectivity index (χ3v) is 5.03. The van der Waals surface area contributed by atoms with Gasteiger partial charge >= 0.3 is 0 Å². The minimum Gasteiger partial charge on any atom is -0.367 e. The van der Waals surface area contributed by atoms with Crippen molar-refractivity contribution in [1.29, 1.82) is 0 Å². The molecular formula is C17H17BrN6OS. The summed E-state index contributed by atoms with van der Waals surface area (Å²) in [6, 6.07) is 9.30. The van der Waals surface area contributed by atoms with Gasteiger partial charge in [0.2, 0.25) is 0 Å². The maximum atomic E-state index is 11.9. The minimum atomic E-state index is -0.0845. The number of halogens is 1. The van der Waals surface area contributed by atoms with Crippen molar-refractivity contribution < 1.29 is 4.79 Å². The van der Waals surface area contributed by atoms with E-state index < -0.39 is 0 Å². The van der Waals surface area contributed by atoms with Crippen LogP contribution in [0.25, 0.3) is 0 Å². The molecule has 0 bridgehead atoms. The zero-order chi connectivity index (χ0) is 18.4. The van der Waals surface area contributed by atoms with Crippen LogP contribution in [-0.4, -0.2) is 34.2 Å². The predicted molar refractivity (Wildman–Crippen MR) is 107 cm³/mol. The van der Waals surface area contributed by atoms with Crippen molar-refractivity contribution in [1.82, 2.24) is 20.5 Å². The van der Waals surface area contributed by atoms with E-state index >= 15 is 0 Å². The highest BCUT2D eigenvalue weighted by Gasteiger charge is 2.07. The molecule has 3 heterocycles. The quantitative estimate of drug-likeness (QED) is 0.494. The average molecular weight is 433 g/mol. The summed E-state index contributed by atoms with van der Waals surface area (Å²) >= 11 is 4.74. The number of pyridine rings is 1. The number of aryl methyl sites for hydroxylation is 1. The Morgan fingerprint density at radius 3 is 2.54 bits per heavy atom. The zero-order valence-corrected chi connectivity index (χ0v) is 16.4. The summed E-state index contributed by atoms with van der Waals surface area (Å²) in [4.78, 5) is 16.9. The van der Waals surface area contributed by atoms with Gasteiger partial charge in [-0.3, -0.25) is 4.79 Å². The number of hydrogen-bond donors (Lipinski definition) is 3. The van der Waals surface area contributed by atoms with Crippen molar-refractivity contribution in [3.05, 3.63) is 56.8 Å². The molecule has 0 fully saturated rings. The monoisotopic (exact) mass is 432 g/mol. The van der Waals surface area contributed by atoms with Crippen LogP contribution in [0.3, 0.4) is 0 Å². The van der Waals surface area contributed by atoms with Crippen LogP contribution in [0.5, 0.6) is 0 Å². The zero-order valence-electron chi connectivity index (χ0n) is 14.0. The van der Waals surface area contributed by atoms with Gasteiger partial charge < -0.3 is 16.0 Å². The molecule has 0 aliphatic rings. The van der Waals surface area contributed by atoms with E-state index in [1.807, 2.05) is 36.6 Å². The summed E-state index contributed by atoms with van der Waals surface area (Å²) in [7, 11) is 0. The van der Waals surface area contributed by atoms with Gasteiger partial charge in [0.05, 0.1) is 4.88 Å². The lowest BCUT2D eigenvalue weighted by molar-refractivity contribution is 0.0959. The standard InChI is InChI=1S/C17H17BrN6OS/c1-11-2-3-14(21-9-11)22-16-5-4-15(23-24-16)19-6-7-20-17(25)13-8-12(18)10-26-13/h2-5,8-10H,6-7H2,1H3,(H,19,23)(H,20,25)(H,21,22,24). The Kier molecular flexibility index (Phi) is 6.13. The fraction of sp³-hybridized carbons (Fsp3) is 0.176. The number of amides is 1. The smallest absolute Gasteiger partial charge is 0.261 e. The number of nitrogens with zero attached hydrogens (tertiary/aromatic N) is 3. The lowest BCUT2D eigenvalue weighted by atomic mass is 10.3. The Labute approximate surface area is 163 Å². The Balaban J connectivity index is 1.42. The van der Waals surface area contributed by atoms with Crippen LogP contribution in [0.4, 0.5) is 17.5 Å². The summed E-state index contributed by atoms with van der Waals surface area (Å²) in [5.41, 5.74) is 1.10. The molecule has 0 aromatic carbocycles. The predicted octanol–water partition coefficient (Wildman–Crippen LogP) is 3.59. The highest BCUT2D eigenvalue weighted by atomic mass is 79.9. The van der Waals surface area contributed by atoms with E-state index in [2.05, 4.69) is 47.1 Å².